The van der Waals surface area contributed by atoms with E-state index in [1.165, 1.54) is 4.80 Å². The number of para-hydroxylation sites is 1. The molecule has 2 atom stereocenters. The van der Waals surface area contributed by atoms with Crippen LogP contribution in [-0.4, -0.2) is 49.5 Å². The van der Waals surface area contributed by atoms with Gasteiger partial charge in [0.1, 0.15) is 12.2 Å². The Hall–Kier alpha value is -3.99. The van der Waals surface area contributed by atoms with Gasteiger partial charge in [0.25, 0.3) is 5.91 Å². The van der Waals surface area contributed by atoms with E-state index in [2.05, 4.69) is 27.8 Å². The third kappa shape index (κ3) is 4.03. The Morgan fingerprint density at radius 3 is 2.74 bits per heavy atom. The van der Waals surface area contributed by atoms with Crippen molar-refractivity contribution in [2.45, 2.75) is 31.9 Å². The van der Waals surface area contributed by atoms with Crippen LogP contribution in [0.2, 0.25) is 0 Å². The number of piperidine rings is 1. The van der Waals surface area contributed by atoms with E-state index in [0.29, 0.717) is 34.8 Å². The Morgan fingerprint density at radius 1 is 1.23 bits per heavy atom. The van der Waals surface area contributed by atoms with E-state index in [9.17, 15) is 10.1 Å². The molecule has 0 unspecified atom stereocenters. The Morgan fingerprint density at radius 2 is 2.00 bits per heavy atom. The average molecular weight is 414 g/mol. The number of hydrogen-bond donors (Lipinski definition) is 0. The fraction of sp³-hybridized carbons (Fsp3) is 0.261. The lowest BCUT2D eigenvalue weighted by molar-refractivity contribution is 0.0372. The van der Waals surface area contributed by atoms with Crippen LogP contribution in [0.25, 0.3) is 11.8 Å². The van der Waals surface area contributed by atoms with Gasteiger partial charge in [0, 0.05) is 12.2 Å². The van der Waals surface area contributed by atoms with Crippen LogP contribution in [-0.2, 0) is 0 Å². The van der Waals surface area contributed by atoms with Gasteiger partial charge in [-0.25, -0.2) is 4.98 Å². The molecule has 1 saturated heterocycles. The smallest absolute Gasteiger partial charge is 0.256 e. The lowest BCUT2D eigenvalue weighted by Gasteiger charge is -2.38. The van der Waals surface area contributed by atoms with Crippen LogP contribution in [0.1, 0.15) is 41.3 Å². The number of nitrogens with zero attached hydrogens (tertiary/aromatic N) is 6. The number of nitriles is 1. The van der Waals surface area contributed by atoms with Crippen LogP contribution in [0.4, 0.5) is 0 Å². The molecular formula is C23H22N6O2. The summed E-state index contributed by atoms with van der Waals surface area (Å²) in [5.41, 5.74) is 2.18. The van der Waals surface area contributed by atoms with Gasteiger partial charge in [-0.1, -0.05) is 24.8 Å². The molecule has 0 aliphatic carbocycles. The summed E-state index contributed by atoms with van der Waals surface area (Å²) in [5.74, 6) is 0.263. The predicted octanol–water partition coefficient (Wildman–Crippen LogP) is 3.25. The van der Waals surface area contributed by atoms with Crippen LogP contribution in [0.3, 0.4) is 0 Å². The first-order chi connectivity index (χ1) is 15.1. The highest BCUT2D eigenvalue weighted by Gasteiger charge is 2.32. The van der Waals surface area contributed by atoms with Gasteiger partial charge < -0.3 is 9.64 Å². The zero-order chi connectivity index (χ0) is 21.8. The van der Waals surface area contributed by atoms with Crippen molar-refractivity contribution in [2.75, 3.05) is 6.54 Å². The van der Waals surface area contributed by atoms with Crippen LogP contribution >= 0.6 is 0 Å². The number of carbonyl (C=O) groups excluding carboxylic acids is 1. The first-order valence-corrected chi connectivity index (χ1v) is 10.1. The Kier molecular flexibility index (Phi) is 5.76. The molecule has 0 N–H and O–H groups in total. The van der Waals surface area contributed by atoms with Crippen molar-refractivity contribution in [3.8, 4) is 17.6 Å². The number of benzene rings is 1. The molecule has 156 valence electrons. The lowest BCUT2D eigenvalue weighted by Crippen LogP contribution is -2.49. The lowest BCUT2D eigenvalue weighted by atomic mass is 9.99. The molecule has 1 aliphatic heterocycles. The van der Waals surface area contributed by atoms with Crippen LogP contribution in [0.5, 0.6) is 5.88 Å². The summed E-state index contributed by atoms with van der Waals surface area (Å²) in [4.78, 5) is 21.0. The highest BCUT2D eigenvalue weighted by molar-refractivity contribution is 5.98. The number of rotatable bonds is 5. The zero-order valence-corrected chi connectivity index (χ0v) is 17.2. The van der Waals surface area contributed by atoms with E-state index in [-0.39, 0.29) is 18.1 Å². The van der Waals surface area contributed by atoms with Crippen molar-refractivity contribution in [2.24, 2.45) is 0 Å². The molecule has 4 rings (SSSR count). The normalized spacial score (nSPS) is 18.3. The molecule has 1 amide bonds. The fourth-order valence-corrected chi connectivity index (χ4v) is 3.78. The highest BCUT2D eigenvalue weighted by atomic mass is 16.5. The molecule has 0 spiro atoms. The standard InChI is InChI=1S/C23H22N6O2/c1-3-19-17(14-24)10-11-25-22(19)31-18-9-8-16(2)28(15-18)23(30)20-6-4-5-7-21(20)29-26-12-13-27-29/h3-7,10-13,16,18H,1,8-9,15H2,2H3/t16-,18-/m1/s1. The molecule has 2 aromatic heterocycles. The van der Waals surface area contributed by atoms with Gasteiger partial charge in [-0.2, -0.15) is 20.3 Å². The van der Waals surface area contributed by atoms with Gasteiger partial charge in [0.15, 0.2) is 0 Å². The van der Waals surface area contributed by atoms with E-state index in [4.69, 9.17) is 4.74 Å². The van der Waals surface area contributed by atoms with Gasteiger partial charge in [-0.05, 0) is 38.0 Å². The van der Waals surface area contributed by atoms with E-state index < -0.39 is 0 Å². The molecule has 1 aromatic carbocycles. The summed E-state index contributed by atoms with van der Waals surface area (Å²) < 4.78 is 6.13. The van der Waals surface area contributed by atoms with Gasteiger partial charge in [0.05, 0.1) is 41.3 Å². The Bertz CT molecular complexity index is 1140. The number of likely N-dealkylation sites (tertiary alicyclic amines) is 1. The van der Waals surface area contributed by atoms with Crippen LogP contribution in [0.15, 0.2) is 55.5 Å². The predicted molar refractivity (Wildman–Crippen MR) is 115 cm³/mol. The molecule has 8 heteroatoms. The molecule has 31 heavy (non-hydrogen) atoms. The summed E-state index contributed by atoms with van der Waals surface area (Å²) in [7, 11) is 0. The van der Waals surface area contributed by atoms with Gasteiger partial charge >= 0.3 is 0 Å². The van der Waals surface area contributed by atoms with Crippen molar-refractivity contribution < 1.29 is 9.53 Å². The maximum Gasteiger partial charge on any atom is 0.256 e. The topological polar surface area (TPSA) is 96.9 Å². The number of aromatic nitrogens is 4. The monoisotopic (exact) mass is 414 g/mol. The summed E-state index contributed by atoms with van der Waals surface area (Å²) >= 11 is 0. The Labute approximate surface area is 180 Å². The summed E-state index contributed by atoms with van der Waals surface area (Å²) in [6.07, 6.45) is 7.60. The molecular weight excluding hydrogens is 392 g/mol. The number of pyridine rings is 1. The zero-order valence-electron chi connectivity index (χ0n) is 17.2. The molecule has 0 bridgehead atoms. The molecule has 1 fully saturated rings. The molecule has 1 aliphatic rings. The van der Waals surface area contributed by atoms with E-state index >= 15 is 0 Å². The van der Waals surface area contributed by atoms with Gasteiger partial charge in [-0.3, -0.25) is 4.79 Å². The van der Waals surface area contributed by atoms with Gasteiger partial charge in [-0.15, -0.1) is 0 Å². The third-order valence-corrected chi connectivity index (χ3v) is 5.42. The second kappa shape index (κ2) is 8.79. The number of ether oxygens (including phenoxy) is 1. The summed E-state index contributed by atoms with van der Waals surface area (Å²) in [6, 6.07) is 11.1. The van der Waals surface area contributed by atoms with Crippen molar-refractivity contribution >= 4 is 12.0 Å². The van der Waals surface area contributed by atoms with Crippen molar-refractivity contribution in [1.29, 1.82) is 5.26 Å². The maximum atomic E-state index is 13.5. The van der Waals surface area contributed by atoms with E-state index in [1.54, 1.807) is 36.8 Å². The summed E-state index contributed by atoms with van der Waals surface area (Å²) in [6.45, 7) is 6.22. The van der Waals surface area contributed by atoms with Crippen molar-refractivity contribution in [3.63, 3.8) is 0 Å². The highest BCUT2D eigenvalue weighted by Crippen LogP contribution is 2.27. The minimum atomic E-state index is -0.240. The van der Waals surface area contributed by atoms with E-state index in [1.807, 2.05) is 30.0 Å². The summed E-state index contributed by atoms with van der Waals surface area (Å²) in [5, 5.41) is 17.6. The second-order valence-corrected chi connectivity index (χ2v) is 7.35. The third-order valence-electron chi connectivity index (χ3n) is 5.42. The molecule has 3 heterocycles. The SMILES string of the molecule is C=Cc1c(C#N)ccnc1O[C@@H]1CC[C@@H](C)N(C(=O)c2ccccc2-n2nccn2)C1. The van der Waals surface area contributed by atoms with Crippen LogP contribution in [0, 0.1) is 11.3 Å². The maximum absolute atomic E-state index is 13.5. The van der Waals surface area contributed by atoms with Crippen LogP contribution < -0.4 is 4.74 Å². The largest absolute Gasteiger partial charge is 0.472 e. The molecule has 3 aromatic rings. The molecule has 0 saturated carbocycles. The number of amides is 1. The van der Waals surface area contributed by atoms with Crippen molar-refractivity contribution in [1.82, 2.24) is 24.9 Å². The molecule has 0 radical (unpaired) electrons. The first kappa shape index (κ1) is 20.3. The van der Waals surface area contributed by atoms with E-state index in [0.717, 1.165) is 12.8 Å². The first-order valence-electron chi connectivity index (χ1n) is 10.1. The minimum Gasteiger partial charge on any atom is -0.472 e. The van der Waals surface area contributed by atoms with Crippen molar-refractivity contribution in [3.05, 3.63) is 72.2 Å². The molecule has 8 nitrogen and oxygen atoms in total. The number of hydrogen-bond acceptors (Lipinski definition) is 6. The second-order valence-electron chi connectivity index (χ2n) is 7.35. The average Bonchev–Trinajstić information content (AvgIpc) is 3.34. The number of carbonyl (C=O) groups is 1. The van der Waals surface area contributed by atoms with Gasteiger partial charge in [0.2, 0.25) is 5.88 Å². The Balaban J connectivity index is 1.58. The quantitative estimate of drug-likeness (QED) is 0.636. The fourth-order valence-electron chi connectivity index (χ4n) is 3.78. The minimum absolute atomic E-state index is 0.0586.